The van der Waals surface area contributed by atoms with Crippen molar-refractivity contribution in [2.45, 2.75) is 69.7 Å². The lowest BCUT2D eigenvalue weighted by Crippen LogP contribution is -2.29. The van der Waals surface area contributed by atoms with Gasteiger partial charge in [-0.2, -0.15) is 9.61 Å². The van der Waals surface area contributed by atoms with Crippen LogP contribution < -0.4 is 11.0 Å². The van der Waals surface area contributed by atoms with E-state index in [-0.39, 0.29) is 12.5 Å². The Kier molecular flexibility index (Phi) is 5.94. The van der Waals surface area contributed by atoms with Crippen LogP contribution in [-0.4, -0.2) is 30.6 Å². The number of rotatable bonds is 5. The van der Waals surface area contributed by atoms with E-state index in [1.165, 1.54) is 41.3 Å². The Balaban J connectivity index is 1.51. The lowest BCUT2D eigenvalue weighted by atomic mass is 10.0. The molecular formula is C22H27N5O2S. The molecule has 8 heteroatoms. The van der Waals surface area contributed by atoms with Crippen molar-refractivity contribution in [2.75, 3.05) is 5.32 Å². The van der Waals surface area contributed by atoms with Gasteiger partial charge in [0.05, 0.1) is 0 Å². The quantitative estimate of drug-likeness (QED) is 0.671. The number of fused-ring (bicyclic) bond motifs is 1. The number of nitrogens with zero attached hydrogens (tertiary/aromatic N) is 4. The van der Waals surface area contributed by atoms with E-state index < -0.39 is 5.69 Å². The van der Waals surface area contributed by atoms with Gasteiger partial charge < -0.3 is 5.32 Å². The maximum atomic E-state index is 12.8. The molecule has 3 aromatic rings. The smallest absolute Gasteiger partial charge is 0.324 e. The zero-order valence-electron chi connectivity index (χ0n) is 17.6. The molecule has 1 saturated carbocycles. The minimum atomic E-state index is -0.399. The van der Waals surface area contributed by atoms with Crippen molar-refractivity contribution in [1.82, 2.24) is 19.4 Å². The molecule has 7 nitrogen and oxygen atoms in total. The first-order valence-electron chi connectivity index (χ1n) is 10.4. The van der Waals surface area contributed by atoms with Crippen LogP contribution in [0.3, 0.4) is 0 Å². The molecule has 1 aliphatic carbocycles. The summed E-state index contributed by atoms with van der Waals surface area (Å²) in [5.41, 5.74) is 3.97. The number of hydrogen-bond acceptors (Lipinski definition) is 5. The van der Waals surface area contributed by atoms with Crippen molar-refractivity contribution >= 4 is 29.0 Å². The Hall–Kier alpha value is -2.61. The summed E-state index contributed by atoms with van der Waals surface area (Å²) in [6, 6.07) is 7.75. The summed E-state index contributed by atoms with van der Waals surface area (Å²) >= 11 is 1.73. The molecule has 158 valence electrons. The average Bonchev–Trinajstić information content (AvgIpc) is 3.01. The average molecular weight is 426 g/mol. The maximum Gasteiger partial charge on any atom is 0.367 e. The van der Waals surface area contributed by atoms with Crippen LogP contribution in [0.5, 0.6) is 0 Å². The molecule has 4 rings (SSSR count). The topological polar surface area (TPSA) is 81.3 Å². The first kappa shape index (κ1) is 20.7. The number of benzene rings is 1. The highest BCUT2D eigenvalue weighted by Gasteiger charge is 2.17. The Labute approximate surface area is 179 Å². The number of amides is 1. The second kappa shape index (κ2) is 8.63. The van der Waals surface area contributed by atoms with E-state index in [9.17, 15) is 9.59 Å². The molecule has 1 aliphatic rings. The fraction of sp³-hybridized carbons (Fsp3) is 0.455. The monoisotopic (exact) mass is 425 g/mol. The van der Waals surface area contributed by atoms with Crippen LogP contribution in [0.25, 0.3) is 5.65 Å². The van der Waals surface area contributed by atoms with Crippen LogP contribution in [0.2, 0.25) is 0 Å². The predicted molar refractivity (Wildman–Crippen MR) is 119 cm³/mol. The molecule has 0 atom stereocenters. The summed E-state index contributed by atoms with van der Waals surface area (Å²) in [7, 11) is 0. The minimum absolute atomic E-state index is 0.153. The van der Waals surface area contributed by atoms with Gasteiger partial charge in [0.1, 0.15) is 11.6 Å². The Morgan fingerprint density at radius 2 is 1.80 bits per heavy atom. The van der Waals surface area contributed by atoms with Gasteiger partial charge in [0, 0.05) is 10.9 Å². The first-order valence-corrected chi connectivity index (χ1v) is 11.3. The highest BCUT2D eigenvalue weighted by atomic mass is 32.2. The van der Waals surface area contributed by atoms with Gasteiger partial charge in [0.15, 0.2) is 5.65 Å². The number of aryl methyl sites for hydroxylation is 3. The molecule has 0 bridgehead atoms. The Bertz CT molecular complexity index is 1120. The summed E-state index contributed by atoms with van der Waals surface area (Å²) in [5.74, 6) is -0.285. The van der Waals surface area contributed by atoms with Gasteiger partial charge in [0.2, 0.25) is 5.91 Å². The Morgan fingerprint density at radius 1 is 1.10 bits per heavy atom. The fourth-order valence-electron chi connectivity index (χ4n) is 4.10. The summed E-state index contributed by atoms with van der Waals surface area (Å²) in [4.78, 5) is 25.3. The van der Waals surface area contributed by atoms with Gasteiger partial charge in [0.25, 0.3) is 0 Å². The van der Waals surface area contributed by atoms with Crippen LogP contribution in [0, 0.1) is 20.8 Å². The third kappa shape index (κ3) is 4.43. The predicted octanol–water partition coefficient (Wildman–Crippen LogP) is 3.88. The van der Waals surface area contributed by atoms with Crippen LogP contribution in [0.15, 0.2) is 34.1 Å². The summed E-state index contributed by atoms with van der Waals surface area (Å²) in [6.07, 6.45) is 6.20. The number of thioether (sulfide) groups is 1. The van der Waals surface area contributed by atoms with Crippen LogP contribution in [0.1, 0.15) is 48.8 Å². The highest BCUT2D eigenvalue weighted by Crippen LogP contribution is 2.32. The zero-order chi connectivity index (χ0) is 21.3. The third-order valence-electron chi connectivity index (χ3n) is 5.49. The van der Waals surface area contributed by atoms with Crippen molar-refractivity contribution < 1.29 is 4.79 Å². The molecule has 0 saturated heterocycles. The molecule has 2 heterocycles. The molecular weight excluding hydrogens is 398 g/mol. The molecule has 1 fully saturated rings. The van der Waals surface area contributed by atoms with Gasteiger partial charge in [-0.25, -0.2) is 9.48 Å². The van der Waals surface area contributed by atoms with Gasteiger partial charge in [-0.15, -0.1) is 16.9 Å². The van der Waals surface area contributed by atoms with E-state index in [1.807, 2.05) is 39.0 Å². The number of nitrogens with one attached hydrogen (secondary N) is 1. The minimum Gasteiger partial charge on any atom is -0.324 e. The van der Waals surface area contributed by atoms with Crippen molar-refractivity contribution in [3.63, 3.8) is 0 Å². The molecule has 30 heavy (non-hydrogen) atoms. The molecule has 0 aliphatic heterocycles. The van der Waals surface area contributed by atoms with Crippen molar-refractivity contribution in [2.24, 2.45) is 0 Å². The van der Waals surface area contributed by atoms with Crippen molar-refractivity contribution in [3.8, 4) is 0 Å². The summed E-state index contributed by atoms with van der Waals surface area (Å²) in [5, 5.41) is 13.0. The van der Waals surface area contributed by atoms with Gasteiger partial charge in [-0.1, -0.05) is 37.0 Å². The SMILES string of the molecule is Cc1cc(C)c(NC(=O)Cn2nc3ccc(SC4CCCCC4)nn3c2=O)c(C)c1. The molecule has 1 N–H and O–H groups in total. The number of aromatic nitrogens is 4. The number of hydrogen-bond donors (Lipinski definition) is 1. The number of carbonyl (C=O) groups excluding carboxylic acids is 1. The van der Waals surface area contributed by atoms with Gasteiger partial charge in [-0.05, 0) is 56.9 Å². The van der Waals surface area contributed by atoms with Crippen molar-refractivity contribution in [1.29, 1.82) is 0 Å². The highest BCUT2D eigenvalue weighted by molar-refractivity contribution is 7.99. The van der Waals surface area contributed by atoms with Crippen LogP contribution in [-0.2, 0) is 11.3 Å². The maximum absolute atomic E-state index is 12.8. The van der Waals surface area contributed by atoms with Gasteiger partial charge >= 0.3 is 5.69 Å². The second-order valence-electron chi connectivity index (χ2n) is 8.08. The van der Waals surface area contributed by atoms with E-state index in [1.54, 1.807) is 17.8 Å². The molecule has 1 aromatic carbocycles. The van der Waals surface area contributed by atoms with E-state index in [2.05, 4.69) is 15.5 Å². The molecule has 0 spiro atoms. The van der Waals surface area contributed by atoms with E-state index >= 15 is 0 Å². The van der Waals surface area contributed by atoms with Gasteiger partial charge in [-0.3, -0.25) is 4.79 Å². The van der Waals surface area contributed by atoms with E-state index in [0.717, 1.165) is 27.4 Å². The molecule has 1 amide bonds. The number of anilines is 1. The second-order valence-corrected chi connectivity index (χ2v) is 9.40. The van der Waals surface area contributed by atoms with Crippen LogP contribution >= 0.6 is 11.8 Å². The fourth-order valence-corrected chi connectivity index (χ4v) is 5.29. The van der Waals surface area contributed by atoms with E-state index in [4.69, 9.17) is 0 Å². The normalized spacial score (nSPS) is 14.9. The van der Waals surface area contributed by atoms with Crippen LogP contribution in [0.4, 0.5) is 5.69 Å². The largest absolute Gasteiger partial charge is 0.367 e. The Morgan fingerprint density at radius 3 is 2.50 bits per heavy atom. The standard InChI is InChI=1S/C22H27N5O2S/c1-14-11-15(2)21(16(3)12-14)23-19(28)13-26-22(29)27-18(24-26)9-10-20(25-27)30-17-7-5-4-6-8-17/h9-12,17H,4-8,13H2,1-3H3,(H,23,28). The summed E-state index contributed by atoms with van der Waals surface area (Å²) < 4.78 is 2.46. The van der Waals surface area contributed by atoms with Crippen molar-refractivity contribution in [3.05, 3.63) is 51.4 Å². The molecule has 0 radical (unpaired) electrons. The molecule has 0 unspecified atom stereocenters. The first-order chi connectivity index (χ1) is 14.4. The molecule has 2 aromatic heterocycles. The lowest BCUT2D eigenvalue weighted by Gasteiger charge is -2.20. The summed E-state index contributed by atoms with van der Waals surface area (Å²) in [6.45, 7) is 5.79. The van der Waals surface area contributed by atoms with E-state index in [0.29, 0.717) is 10.9 Å². The third-order valence-corrected chi connectivity index (χ3v) is 6.75. The number of carbonyl (C=O) groups is 1. The lowest BCUT2D eigenvalue weighted by molar-refractivity contribution is -0.117. The zero-order valence-corrected chi connectivity index (χ0v) is 18.5.